The van der Waals surface area contributed by atoms with Crippen LogP contribution in [0.5, 0.6) is 5.75 Å². The number of furan rings is 1. The van der Waals surface area contributed by atoms with Gasteiger partial charge in [0.1, 0.15) is 21.4 Å². The van der Waals surface area contributed by atoms with Gasteiger partial charge in [-0.3, -0.25) is 14.5 Å². The van der Waals surface area contributed by atoms with Gasteiger partial charge in [0.15, 0.2) is 0 Å². The Labute approximate surface area is 180 Å². The predicted octanol–water partition coefficient (Wildman–Crippen LogP) is 3.47. The van der Waals surface area contributed by atoms with Crippen LogP contribution in [-0.4, -0.2) is 43.8 Å². The van der Waals surface area contributed by atoms with Crippen LogP contribution in [0.1, 0.15) is 22.5 Å². The molecular weight excluding hydrogens is 428 g/mol. The summed E-state index contributed by atoms with van der Waals surface area (Å²) in [6.07, 6.45) is 6.56. The molecule has 30 heavy (non-hydrogen) atoms. The number of nitrogens with zero attached hydrogens (tertiary/aromatic N) is 1. The highest BCUT2D eigenvalue weighted by Gasteiger charge is 2.31. The number of carbonyl (C=O) groups excluding carboxylic acids is 2. The number of hydrogen-bond donors (Lipinski definition) is 3. The van der Waals surface area contributed by atoms with Crippen molar-refractivity contribution in [3.05, 3.63) is 65.0 Å². The lowest BCUT2D eigenvalue weighted by atomic mass is 10.2. The molecule has 0 spiro atoms. The minimum absolute atomic E-state index is 0.0244. The maximum absolute atomic E-state index is 12.5. The van der Waals surface area contributed by atoms with Crippen LogP contribution in [-0.2, 0) is 9.59 Å². The fourth-order valence-corrected chi connectivity index (χ4v) is 3.81. The Morgan fingerprint density at radius 1 is 1.30 bits per heavy atom. The third kappa shape index (κ3) is 5.16. The zero-order valence-corrected chi connectivity index (χ0v) is 17.0. The Kier molecular flexibility index (Phi) is 6.70. The summed E-state index contributed by atoms with van der Waals surface area (Å²) < 4.78 is 5.53. The van der Waals surface area contributed by atoms with Crippen molar-refractivity contribution in [1.82, 2.24) is 4.90 Å². The van der Waals surface area contributed by atoms with Gasteiger partial charge in [-0.2, -0.15) is 0 Å². The van der Waals surface area contributed by atoms with E-state index < -0.39 is 17.6 Å². The summed E-state index contributed by atoms with van der Waals surface area (Å²) in [4.78, 5) is 37.4. The Hall–Kier alpha value is -3.37. The third-order valence-electron chi connectivity index (χ3n) is 4.00. The van der Waals surface area contributed by atoms with Crippen LogP contribution < -0.4 is 5.32 Å². The molecular formula is C20H16N2O6S2. The summed E-state index contributed by atoms with van der Waals surface area (Å²) in [6.45, 7) is 0.0922. The zero-order chi connectivity index (χ0) is 21.7. The second kappa shape index (κ2) is 9.42. The molecule has 1 fully saturated rings. The number of rotatable bonds is 7. The molecule has 8 nitrogen and oxygen atoms in total. The van der Waals surface area contributed by atoms with Crippen molar-refractivity contribution in [3.63, 3.8) is 0 Å². The lowest BCUT2D eigenvalue weighted by Gasteiger charge is -2.14. The highest BCUT2D eigenvalue weighted by atomic mass is 32.2. The lowest BCUT2D eigenvalue weighted by molar-refractivity contribution is -0.122. The van der Waals surface area contributed by atoms with Crippen molar-refractivity contribution in [3.8, 4) is 5.75 Å². The molecule has 10 heteroatoms. The molecule has 0 bridgehead atoms. The Morgan fingerprint density at radius 2 is 2.10 bits per heavy atom. The van der Waals surface area contributed by atoms with E-state index in [1.54, 1.807) is 36.6 Å². The van der Waals surface area contributed by atoms with Crippen molar-refractivity contribution in [2.45, 2.75) is 6.42 Å². The fourth-order valence-electron chi connectivity index (χ4n) is 2.55. The van der Waals surface area contributed by atoms with Crippen molar-refractivity contribution < 1.29 is 29.0 Å². The molecule has 0 saturated carbocycles. The maximum atomic E-state index is 12.5. The average Bonchev–Trinajstić information content (AvgIpc) is 3.29. The smallest absolute Gasteiger partial charge is 0.339 e. The molecule has 1 aliphatic rings. The average molecular weight is 444 g/mol. The molecule has 1 aromatic heterocycles. The first-order valence-corrected chi connectivity index (χ1v) is 9.89. The second-order valence-corrected chi connectivity index (χ2v) is 7.74. The van der Waals surface area contributed by atoms with E-state index in [9.17, 15) is 19.5 Å². The summed E-state index contributed by atoms with van der Waals surface area (Å²) in [5, 5.41) is 21.1. The van der Waals surface area contributed by atoms with Crippen LogP contribution in [0.15, 0.2) is 58.1 Å². The number of amides is 2. The van der Waals surface area contributed by atoms with E-state index in [1.165, 1.54) is 17.0 Å². The molecule has 0 atom stereocenters. The van der Waals surface area contributed by atoms with E-state index in [0.717, 1.165) is 17.8 Å². The number of thioether (sulfide) groups is 1. The molecule has 1 aliphatic heterocycles. The van der Waals surface area contributed by atoms with Gasteiger partial charge < -0.3 is 19.9 Å². The first-order valence-electron chi connectivity index (χ1n) is 8.67. The molecule has 2 heterocycles. The minimum atomic E-state index is -1.27. The van der Waals surface area contributed by atoms with Crippen molar-refractivity contribution in [1.29, 1.82) is 0 Å². The zero-order valence-electron chi connectivity index (χ0n) is 15.4. The van der Waals surface area contributed by atoms with Gasteiger partial charge in [0.2, 0.25) is 5.91 Å². The summed E-state index contributed by atoms with van der Waals surface area (Å²) in [5.41, 5.74) is -0.0192. The van der Waals surface area contributed by atoms with E-state index in [2.05, 4.69) is 5.32 Å². The van der Waals surface area contributed by atoms with Crippen molar-refractivity contribution in [2.24, 2.45) is 0 Å². The van der Waals surface area contributed by atoms with Crippen LogP contribution in [0, 0.1) is 0 Å². The maximum Gasteiger partial charge on any atom is 0.339 e. The number of thiocarbonyl (C=S) groups is 1. The van der Waals surface area contributed by atoms with Crippen molar-refractivity contribution >= 4 is 57.8 Å². The molecule has 0 aliphatic carbocycles. The molecule has 3 rings (SSSR count). The number of allylic oxidation sites excluding steroid dienone is 2. The predicted molar refractivity (Wildman–Crippen MR) is 116 cm³/mol. The van der Waals surface area contributed by atoms with Crippen LogP contribution in [0.25, 0.3) is 6.08 Å². The molecule has 1 saturated heterocycles. The second-order valence-electron chi connectivity index (χ2n) is 6.07. The SMILES string of the molecule is O=C(CCN1C(=O)C(=CC=Cc2ccco2)SC1=S)Nc1ccc(C(=O)O)c(O)c1. The standard InChI is InChI=1S/C20H16N2O6S2/c23-15-11-12(6-7-14(15)19(26)27)21-17(24)8-9-22-18(25)16(30-20(22)29)5-1-3-13-4-2-10-28-13/h1-7,10-11,23H,8-9H2,(H,21,24)(H,26,27). The molecule has 154 valence electrons. The van der Waals surface area contributed by atoms with Gasteiger partial charge in [0, 0.05) is 24.7 Å². The topological polar surface area (TPSA) is 120 Å². The number of hydrogen-bond acceptors (Lipinski definition) is 7. The Balaban J connectivity index is 1.55. The van der Waals surface area contributed by atoms with E-state index in [-0.39, 0.29) is 30.1 Å². The molecule has 2 amide bonds. The number of nitrogens with one attached hydrogen (secondary N) is 1. The van der Waals surface area contributed by atoms with Crippen LogP contribution in [0.2, 0.25) is 0 Å². The van der Waals surface area contributed by atoms with Crippen LogP contribution in [0.3, 0.4) is 0 Å². The Morgan fingerprint density at radius 3 is 2.77 bits per heavy atom. The summed E-state index contributed by atoms with van der Waals surface area (Å²) >= 11 is 6.37. The van der Waals surface area contributed by atoms with E-state index in [0.29, 0.717) is 15.0 Å². The van der Waals surface area contributed by atoms with E-state index in [4.69, 9.17) is 21.7 Å². The monoisotopic (exact) mass is 444 g/mol. The number of aromatic carboxylic acids is 1. The van der Waals surface area contributed by atoms with Gasteiger partial charge in [0.25, 0.3) is 5.91 Å². The van der Waals surface area contributed by atoms with Crippen LogP contribution in [0.4, 0.5) is 5.69 Å². The molecule has 1 aromatic carbocycles. The normalized spacial score (nSPS) is 15.3. The van der Waals surface area contributed by atoms with Gasteiger partial charge >= 0.3 is 5.97 Å². The van der Waals surface area contributed by atoms with Gasteiger partial charge in [-0.25, -0.2) is 4.79 Å². The number of benzene rings is 1. The highest BCUT2D eigenvalue weighted by Crippen LogP contribution is 2.31. The summed E-state index contributed by atoms with van der Waals surface area (Å²) in [6, 6.07) is 7.25. The fraction of sp³-hybridized carbons (Fsp3) is 0.100. The number of carboxylic acids is 1. The molecule has 0 unspecified atom stereocenters. The number of carbonyl (C=O) groups is 3. The first-order chi connectivity index (χ1) is 14.3. The molecule has 3 N–H and O–H groups in total. The van der Waals surface area contributed by atoms with Gasteiger partial charge in [-0.15, -0.1) is 0 Å². The van der Waals surface area contributed by atoms with E-state index >= 15 is 0 Å². The molecule has 0 radical (unpaired) electrons. The Bertz CT molecular complexity index is 1060. The number of phenols is 1. The van der Waals surface area contributed by atoms with Gasteiger partial charge in [-0.05, 0) is 36.4 Å². The van der Waals surface area contributed by atoms with Crippen LogP contribution >= 0.6 is 24.0 Å². The van der Waals surface area contributed by atoms with Gasteiger partial charge in [-0.1, -0.05) is 30.1 Å². The highest BCUT2D eigenvalue weighted by molar-refractivity contribution is 8.26. The quantitative estimate of drug-likeness (QED) is 0.439. The number of aromatic hydroxyl groups is 1. The number of carboxylic acid groups (broad SMARTS) is 1. The summed E-state index contributed by atoms with van der Waals surface area (Å²) in [7, 11) is 0. The largest absolute Gasteiger partial charge is 0.507 e. The van der Waals surface area contributed by atoms with Gasteiger partial charge in [0.05, 0.1) is 11.2 Å². The van der Waals surface area contributed by atoms with Crippen molar-refractivity contribution in [2.75, 3.05) is 11.9 Å². The minimum Gasteiger partial charge on any atom is -0.507 e. The summed E-state index contributed by atoms with van der Waals surface area (Å²) in [5.74, 6) is -1.77. The lowest BCUT2D eigenvalue weighted by Crippen LogP contribution is -2.31. The number of anilines is 1. The third-order valence-corrected chi connectivity index (χ3v) is 5.40. The first kappa shape index (κ1) is 21.3. The van der Waals surface area contributed by atoms with E-state index in [1.807, 2.05) is 0 Å². The molecule has 2 aromatic rings.